The Bertz CT molecular complexity index is 1120. The van der Waals surface area contributed by atoms with Crippen LogP contribution in [0.5, 0.6) is 0 Å². The second-order valence-corrected chi connectivity index (χ2v) is 7.25. The van der Waals surface area contributed by atoms with E-state index in [1.807, 2.05) is 60.3 Å². The van der Waals surface area contributed by atoms with Gasteiger partial charge in [0.05, 0.1) is 0 Å². The monoisotopic (exact) mass is 421 g/mol. The van der Waals surface area contributed by atoms with Crippen LogP contribution in [0.3, 0.4) is 0 Å². The highest BCUT2D eigenvalue weighted by atomic mass is 35.5. The SMILES string of the molecule is Cn1ccnc1C(NC(=O)CCc1nnc(-c2ccccc2)o1)c1ccc(Cl)cc1. The highest BCUT2D eigenvalue weighted by Gasteiger charge is 2.21. The lowest BCUT2D eigenvalue weighted by Crippen LogP contribution is -2.31. The molecule has 8 heteroatoms. The highest BCUT2D eigenvalue weighted by molar-refractivity contribution is 6.30. The Kier molecular flexibility index (Phi) is 5.90. The molecule has 0 aliphatic carbocycles. The van der Waals surface area contributed by atoms with Crippen molar-refractivity contribution in [3.63, 3.8) is 0 Å². The first-order valence-electron chi connectivity index (χ1n) is 9.50. The van der Waals surface area contributed by atoms with Crippen molar-refractivity contribution in [1.82, 2.24) is 25.1 Å². The Morgan fingerprint density at radius 3 is 2.60 bits per heavy atom. The first-order valence-corrected chi connectivity index (χ1v) is 9.88. The fourth-order valence-electron chi connectivity index (χ4n) is 3.11. The standard InChI is InChI=1S/C22H20ClN5O2/c1-28-14-13-24-21(28)20(15-7-9-17(23)10-8-15)25-18(29)11-12-19-26-27-22(30-19)16-5-3-2-4-6-16/h2-10,13-14,20H,11-12H2,1H3,(H,25,29). The van der Waals surface area contributed by atoms with Gasteiger partial charge in [-0.2, -0.15) is 0 Å². The van der Waals surface area contributed by atoms with E-state index in [1.165, 1.54) is 0 Å². The molecule has 0 saturated heterocycles. The van der Waals surface area contributed by atoms with Gasteiger partial charge in [-0.05, 0) is 29.8 Å². The number of hydrogen-bond donors (Lipinski definition) is 1. The van der Waals surface area contributed by atoms with Crippen molar-refractivity contribution < 1.29 is 9.21 Å². The third-order valence-electron chi connectivity index (χ3n) is 4.68. The van der Waals surface area contributed by atoms with Gasteiger partial charge in [-0.1, -0.05) is 41.9 Å². The van der Waals surface area contributed by atoms with Crippen LogP contribution in [-0.4, -0.2) is 25.7 Å². The van der Waals surface area contributed by atoms with E-state index in [1.54, 1.807) is 18.3 Å². The quantitative estimate of drug-likeness (QED) is 0.488. The smallest absolute Gasteiger partial charge is 0.247 e. The second kappa shape index (κ2) is 8.92. The number of benzene rings is 2. The molecule has 2 aromatic heterocycles. The Morgan fingerprint density at radius 1 is 1.13 bits per heavy atom. The highest BCUT2D eigenvalue weighted by Crippen LogP contribution is 2.23. The molecule has 0 fully saturated rings. The first kappa shape index (κ1) is 19.8. The first-order chi connectivity index (χ1) is 14.6. The zero-order valence-corrected chi connectivity index (χ0v) is 17.1. The number of aryl methyl sites for hydroxylation is 2. The lowest BCUT2D eigenvalue weighted by Gasteiger charge is -2.19. The minimum Gasteiger partial charge on any atom is -0.421 e. The van der Waals surface area contributed by atoms with Crippen LogP contribution < -0.4 is 5.32 Å². The molecule has 7 nitrogen and oxygen atoms in total. The maximum absolute atomic E-state index is 12.7. The van der Waals surface area contributed by atoms with E-state index in [9.17, 15) is 4.79 Å². The predicted octanol–water partition coefficient (Wildman–Crippen LogP) is 3.96. The predicted molar refractivity (Wildman–Crippen MR) is 113 cm³/mol. The zero-order valence-electron chi connectivity index (χ0n) is 16.3. The topological polar surface area (TPSA) is 85.8 Å². The van der Waals surface area contributed by atoms with Crippen LogP contribution in [0, 0.1) is 0 Å². The molecular formula is C22H20ClN5O2. The summed E-state index contributed by atoms with van der Waals surface area (Å²) in [4.78, 5) is 17.1. The summed E-state index contributed by atoms with van der Waals surface area (Å²) in [5, 5.41) is 11.8. The number of amides is 1. The fraction of sp³-hybridized carbons (Fsp3) is 0.182. The third-order valence-corrected chi connectivity index (χ3v) is 4.93. The number of imidazole rings is 1. The van der Waals surface area contributed by atoms with Crippen molar-refractivity contribution in [3.05, 3.63) is 89.3 Å². The molecule has 152 valence electrons. The van der Waals surface area contributed by atoms with Gasteiger partial charge in [0.2, 0.25) is 17.7 Å². The minimum atomic E-state index is -0.391. The van der Waals surface area contributed by atoms with E-state index in [4.69, 9.17) is 16.0 Å². The second-order valence-electron chi connectivity index (χ2n) is 6.82. The Balaban J connectivity index is 1.44. The summed E-state index contributed by atoms with van der Waals surface area (Å²) in [6.45, 7) is 0. The average molecular weight is 422 g/mol. The minimum absolute atomic E-state index is 0.141. The summed E-state index contributed by atoms with van der Waals surface area (Å²) < 4.78 is 7.56. The van der Waals surface area contributed by atoms with Crippen molar-refractivity contribution in [2.75, 3.05) is 0 Å². The molecule has 1 amide bonds. The molecule has 0 spiro atoms. The van der Waals surface area contributed by atoms with Gasteiger partial charge in [-0.25, -0.2) is 4.98 Å². The molecule has 1 atom stereocenters. The van der Waals surface area contributed by atoms with E-state index in [-0.39, 0.29) is 12.3 Å². The molecule has 4 rings (SSSR count). The number of nitrogens with one attached hydrogen (secondary N) is 1. The average Bonchev–Trinajstić information content (AvgIpc) is 3.41. The molecule has 2 aromatic carbocycles. The maximum Gasteiger partial charge on any atom is 0.247 e. The summed E-state index contributed by atoms with van der Waals surface area (Å²) in [6.07, 6.45) is 4.10. The van der Waals surface area contributed by atoms with Crippen molar-refractivity contribution in [2.24, 2.45) is 7.05 Å². The number of carbonyl (C=O) groups is 1. The molecule has 0 aliphatic heterocycles. The normalized spacial score (nSPS) is 11.9. The van der Waals surface area contributed by atoms with Crippen LogP contribution >= 0.6 is 11.6 Å². The van der Waals surface area contributed by atoms with Gasteiger partial charge in [0.1, 0.15) is 11.9 Å². The van der Waals surface area contributed by atoms with Crippen LogP contribution in [0.15, 0.2) is 71.4 Å². The molecule has 0 aliphatic rings. The van der Waals surface area contributed by atoms with Crippen molar-refractivity contribution in [3.8, 4) is 11.5 Å². The lowest BCUT2D eigenvalue weighted by atomic mass is 10.1. The fourth-order valence-corrected chi connectivity index (χ4v) is 3.24. The molecule has 2 heterocycles. The summed E-state index contributed by atoms with van der Waals surface area (Å²) >= 11 is 6.01. The molecular weight excluding hydrogens is 402 g/mol. The number of rotatable bonds is 7. The van der Waals surface area contributed by atoms with Gasteiger partial charge in [-0.15, -0.1) is 10.2 Å². The Morgan fingerprint density at radius 2 is 1.90 bits per heavy atom. The van der Waals surface area contributed by atoms with Gasteiger partial charge < -0.3 is 14.3 Å². The summed E-state index contributed by atoms with van der Waals surface area (Å²) in [6, 6.07) is 16.5. The maximum atomic E-state index is 12.7. The molecule has 0 bridgehead atoms. The number of carbonyl (C=O) groups excluding carboxylic acids is 1. The van der Waals surface area contributed by atoms with Crippen LogP contribution in [0.4, 0.5) is 0 Å². The van der Waals surface area contributed by atoms with Crippen LogP contribution in [0.1, 0.15) is 29.7 Å². The van der Waals surface area contributed by atoms with Crippen LogP contribution in [0.2, 0.25) is 5.02 Å². The van der Waals surface area contributed by atoms with E-state index in [2.05, 4.69) is 20.5 Å². The van der Waals surface area contributed by atoms with Crippen LogP contribution in [0.25, 0.3) is 11.5 Å². The molecule has 30 heavy (non-hydrogen) atoms. The molecule has 4 aromatic rings. The van der Waals surface area contributed by atoms with E-state index in [0.29, 0.717) is 23.2 Å². The van der Waals surface area contributed by atoms with Crippen molar-refractivity contribution in [1.29, 1.82) is 0 Å². The van der Waals surface area contributed by atoms with Gasteiger partial charge in [-0.3, -0.25) is 4.79 Å². The third kappa shape index (κ3) is 4.58. The largest absolute Gasteiger partial charge is 0.421 e. The van der Waals surface area contributed by atoms with E-state index in [0.717, 1.165) is 17.0 Å². The summed E-state index contributed by atoms with van der Waals surface area (Å²) in [7, 11) is 1.89. The Hall–Kier alpha value is -3.45. The number of halogens is 1. The van der Waals surface area contributed by atoms with E-state index >= 15 is 0 Å². The van der Waals surface area contributed by atoms with Gasteiger partial charge in [0, 0.05) is 42.9 Å². The van der Waals surface area contributed by atoms with Crippen molar-refractivity contribution in [2.45, 2.75) is 18.9 Å². The zero-order chi connectivity index (χ0) is 20.9. The molecule has 0 saturated carbocycles. The number of hydrogen-bond acceptors (Lipinski definition) is 5. The molecule has 1 N–H and O–H groups in total. The van der Waals surface area contributed by atoms with Crippen LogP contribution in [-0.2, 0) is 18.3 Å². The van der Waals surface area contributed by atoms with Crippen molar-refractivity contribution >= 4 is 17.5 Å². The van der Waals surface area contributed by atoms with E-state index < -0.39 is 6.04 Å². The number of aromatic nitrogens is 4. The molecule has 0 radical (unpaired) electrons. The van der Waals surface area contributed by atoms with Gasteiger partial charge >= 0.3 is 0 Å². The lowest BCUT2D eigenvalue weighted by molar-refractivity contribution is -0.121. The van der Waals surface area contributed by atoms with Gasteiger partial charge in [0.25, 0.3) is 0 Å². The summed E-state index contributed by atoms with van der Waals surface area (Å²) in [5.41, 5.74) is 1.74. The summed E-state index contributed by atoms with van der Waals surface area (Å²) in [5.74, 6) is 1.45. The van der Waals surface area contributed by atoms with Gasteiger partial charge in [0.15, 0.2) is 0 Å². The molecule has 1 unspecified atom stereocenters. The number of nitrogens with zero attached hydrogens (tertiary/aromatic N) is 4. The Labute approximate surface area is 178 Å².